The van der Waals surface area contributed by atoms with Crippen molar-refractivity contribution < 1.29 is 14.3 Å². The molecule has 1 atom stereocenters. The molecule has 1 aromatic carbocycles. The normalized spacial score (nSPS) is 11.9. The van der Waals surface area contributed by atoms with Gasteiger partial charge < -0.3 is 9.47 Å². The van der Waals surface area contributed by atoms with Gasteiger partial charge in [-0.3, -0.25) is 4.79 Å². The minimum Gasteiger partial charge on any atom is -0.497 e. The Hall–Kier alpha value is -1.03. The van der Waals surface area contributed by atoms with Crippen molar-refractivity contribution >= 4 is 21.9 Å². The summed E-state index contributed by atoms with van der Waals surface area (Å²) in [5, 5.41) is 0. The number of carbonyl (C=O) groups excluding carboxylic acids is 1. The van der Waals surface area contributed by atoms with Gasteiger partial charge in [0.05, 0.1) is 13.7 Å². The summed E-state index contributed by atoms with van der Waals surface area (Å²) in [7, 11) is 1.60. The van der Waals surface area contributed by atoms with Crippen LogP contribution < -0.4 is 4.74 Å². The Labute approximate surface area is 97.5 Å². The summed E-state index contributed by atoms with van der Waals surface area (Å²) in [5.41, 5.74) is 0.856. The van der Waals surface area contributed by atoms with Crippen molar-refractivity contribution in [1.82, 2.24) is 0 Å². The highest BCUT2D eigenvalue weighted by atomic mass is 79.9. The summed E-state index contributed by atoms with van der Waals surface area (Å²) in [6.07, 6.45) is 0. The van der Waals surface area contributed by atoms with Gasteiger partial charge in [-0.25, -0.2) is 0 Å². The molecule has 1 rings (SSSR count). The second kappa shape index (κ2) is 5.75. The van der Waals surface area contributed by atoms with E-state index in [-0.39, 0.29) is 5.97 Å². The zero-order valence-corrected chi connectivity index (χ0v) is 10.3. The maximum atomic E-state index is 11.4. The lowest BCUT2D eigenvalue weighted by atomic mass is 10.1. The second-order valence-corrected chi connectivity index (χ2v) is 3.80. The Kier molecular flexibility index (Phi) is 4.62. The van der Waals surface area contributed by atoms with E-state index in [0.29, 0.717) is 6.61 Å². The van der Waals surface area contributed by atoms with E-state index >= 15 is 0 Å². The molecular weight excluding hydrogens is 260 g/mol. The first kappa shape index (κ1) is 12.0. The summed E-state index contributed by atoms with van der Waals surface area (Å²) in [6, 6.07) is 7.27. The molecule has 0 spiro atoms. The van der Waals surface area contributed by atoms with Crippen molar-refractivity contribution in [2.45, 2.75) is 11.8 Å². The quantitative estimate of drug-likeness (QED) is 0.625. The van der Waals surface area contributed by atoms with Crippen LogP contribution in [0.25, 0.3) is 0 Å². The fourth-order valence-corrected chi connectivity index (χ4v) is 1.56. The number of hydrogen-bond donors (Lipinski definition) is 0. The van der Waals surface area contributed by atoms with Crippen LogP contribution in [0.2, 0.25) is 0 Å². The van der Waals surface area contributed by atoms with E-state index in [0.717, 1.165) is 11.3 Å². The van der Waals surface area contributed by atoms with Crippen molar-refractivity contribution in [3.63, 3.8) is 0 Å². The van der Waals surface area contributed by atoms with Gasteiger partial charge in [0.2, 0.25) is 0 Å². The Morgan fingerprint density at radius 2 is 2.00 bits per heavy atom. The van der Waals surface area contributed by atoms with Crippen molar-refractivity contribution in [3.05, 3.63) is 29.8 Å². The third kappa shape index (κ3) is 3.23. The van der Waals surface area contributed by atoms with Crippen LogP contribution in [0.15, 0.2) is 24.3 Å². The zero-order valence-electron chi connectivity index (χ0n) is 8.70. The smallest absolute Gasteiger partial charge is 0.324 e. The number of ether oxygens (including phenoxy) is 2. The lowest BCUT2D eigenvalue weighted by Crippen LogP contribution is -2.10. The molecular formula is C11H13BrO3. The number of rotatable bonds is 4. The molecule has 0 heterocycles. The third-order valence-corrected chi connectivity index (χ3v) is 2.80. The topological polar surface area (TPSA) is 35.5 Å². The maximum Gasteiger partial charge on any atom is 0.324 e. The molecule has 4 heteroatoms. The van der Waals surface area contributed by atoms with Crippen molar-refractivity contribution in [2.75, 3.05) is 13.7 Å². The molecule has 0 aliphatic heterocycles. The van der Waals surface area contributed by atoms with Gasteiger partial charge in [-0.1, -0.05) is 28.1 Å². The van der Waals surface area contributed by atoms with Crippen molar-refractivity contribution in [2.24, 2.45) is 0 Å². The van der Waals surface area contributed by atoms with Gasteiger partial charge in [0.25, 0.3) is 0 Å². The standard InChI is InChI=1S/C11H13BrO3/c1-3-15-11(13)10(12)8-4-6-9(14-2)7-5-8/h4-7,10H,3H2,1-2H3/t10-/m0/s1. The fourth-order valence-electron chi connectivity index (χ4n) is 1.12. The Morgan fingerprint density at radius 1 is 1.40 bits per heavy atom. The first-order chi connectivity index (χ1) is 7.19. The van der Waals surface area contributed by atoms with Crippen molar-refractivity contribution in [3.8, 4) is 5.75 Å². The van der Waals surface area contributed by atoms with Crippen molar-refractivity contribution in [1.29, 1.82) is 0 Å². The molecule has 0 saturated carbocycles. The molecule has 82 valence electrons. The van der Waals surface area contributed by atoms with Gasteiger partial charge in [-0.15, -0.1) is 0 Å². The SMILES string of the molecule is CCOC(=O)[C@@H](Br)c1ccc(OC)cc1. The highest BCUT2D eigenvalue weighted by molar-refractivity contribution is 9.09. The van der Waals surface area contributed by atoms with Gasteiger partial charge in [-0.2, -0.15) is 0 Å². The highest BCUT2D eigenvalue weighted by Crippen LogP contribution is 2.25. The Bertz CT molecular complexity index is 321. The Morgan fingerprint density at radius 3 is 2.47 bits per heavy atom. The molecule has 0 saturated heterocycles. The predicted molar refractivity (Wildman–Crippen MR) is 61.3 cm³/mol. The van der Waals surface area contributed by atoms with Gasteiger partial charge >= 0.3 is 5.97 Å². The largest absolute Gasteiger partial charge is 0.497 e. The molecule has 0 aliphatic rings. The number of methoxy groups -OCH3 is 1. The lowest BCUT2D eigenvalue weighted by molar-refractivity contribution is -0.142. The molecule has 0 fully saturated rings. The van der Waals surface area contributed by atoms with E-state index < -0.39 is 4.83 Å². The van der Waals surface area contributed by atoms with E-state index in [9.17, 15) is 4.79 Å². The highest BCUT2D eigenvalue weighted by Gasteiger charge is 2.17. The van der Waals surface area contributed by atoms with Crippen LogP contribution in [0.3, 0.4) is 0 Å². The van der Waals surface area contributed by atoms with E-state index in [1.807, 2.05) is 24.3 Å². The van der Waals surface area contributed by atoms with Gasteiger partial charge in [-0.05, 0) is 24.6 Å². The lowest BCUT2D eigenvalue weighted by Gasteiger charge is -2.09. The van der Waals surface area contributed by atoms with Crippen LogP contribution >= 0.6 is 15.9 Å². The van der Waals surface area contributed by atoms with E-state index in [1.54, 1.807) is 14.0 Å². The van der Waals surface area contributed by atoms with E-state index in [2.05, 4.69) is 15.9 Å². The van der Waals surface area contributed by atoms with Crippen LogP contribution in [0, 0.1) is 0 Å². The zero-order chi connectivity index (χ0) is 11.3. The number of halogens is 1. The molecule has 0 aliphatic carbocycles. The monoisotopic (exact) mass is 272 g/mol. The van der Waals surface area contributed by atoms with E-state index in [1.165, 1.54) is 0 Å². The minimum atomic E-state index is -0.414. The van der Waals surface area contributed by atoms with Crippen LogP contribution in [0.5, 0.6) is 5.75 Å². The van der Waals surface area contributed by atoms with E-state index in [4.69, 9.17) is 9.47 Å². The summed E-state index contributed by atoms with van der Waals surface area (Å²) in [5.74, 6) is 0.491. The first-order valence-corrected chi connectivity index (χ1v) is 5.55. The average molecular weight is 273 g/mol. The second-order valence-electron chi connectivity index (χ2n) is 2.89. The van der Waals surface area contributed by atoms with Crippen LogP contribution in [-0.2, 0) is 9.53 Å². The number of benzene rings is 1. The van der Waals surface area contributed by atoms with Crippen LogP contribution in [0.1, 0.15) is 17.3 Å². The average Bonchev–Trinajstić information content (AvgIpc) is 2.28. The molecule has 1 aromatic rings. The molecule has 0 aromatic heterocycles. The third-order valence-electron chi connectivity index (χ3n) is 1.90. The molecule has 15 heavy (non-hydrogen) atoms. The molecule has 0 radical (unpaired) electrons. The van der Waals surface area contributed by atoms with Gasteiger partial charge in [0, 0.05) is 0 Å². The molecule has 3 nitrogen and oxygen atoms in total. The maximum absolute atomic E-state index is 11.4. The molecule has 0 N–H and O–H groups in total. The first-order valence-electron chi connectivity index (χ1n) is 4.63. The minimum absolute atomic E-state index is 0.275. The van der Waals surface area contributed by atoms with Crippen LogP contribution in [0.4, 0.5) is 0 Å². The molecule has 0 amide bonds. The number of alkyl halides is 1. The number of carbonyl (C=O) groups is 1. The van der Waals surface area contributed by atoms with Crippen LogP contribution in [-0.4, -0.2) is 19.7 Å². The summed E-state index contributed by atoms with van der Waals surface area (Å²) < 4.78 is 9.92. The Balaban J connectivity index is 2.73. The fraction of sp³-hybridized carbons (Fsp3) is 0.364. The molecule has 0 bridgehead atoms. The summed E-state index contributed by atoms with van der Waals surface area (Å²) in [6.45, 7) is 2.17. The molecule has 0 unspecified atom stereocenters. The summed E-state index contributed by atoms with van der Waals surface area (Å²) in [4.78, 5) is 11.0. The van der Waals surface area contributed by atoms with Gasteiger partial charge in [0.15, 0.2) is 0 Å². The number of esters is 1. The number of hydrogen-bond acceptors (Lipinski definition) is 3. The summed E-state index contributed by atoms with van der Waals surface area (Å²) >= 11 is 3.28. The van der Waals surface area contributed by atoms with Gasteiger partial charge in [0.1, 0.15) is 10.6 Å². The predicted octanol–water partition coefficient (Wildman–Crippen LogP) is 2.69.